The molecule has 0 aliphatic heterocycles. The number of carboxylic acid groups (broad SMARTS) is 1. The molecule has 1 aromatic rings. The third kappa shape index (κ3) is 5.03. The zero-order valence-corrected chi connectivity index (χ0v) is 10.5. The molecule has 1 rings (SSSR count). The van der Waals surface area contributed by atoms with Gasteiger partial charge in [0.1, 0.15) is 0 Å². The Hall–Kier alpha value is -2.63. The summed E-state index contributed by atoms with van der Waals surface area (Å²) in [5.74, 6) is -2.19. The maximum atomic E-state index is 11.3. The number of benzene rings is 1. The van der Waals surface area contributed by atoms with E-state index in [0.717, 1.165) is 11.6 Å². The molecule has 0 aliphatic carbocycles. The van der Waals surface area contributed by atoms with Gasteiger partial charge in [-0.05, 0) is 36.8 Å². The van der Waals surface area contributed by atoms with Crippen molar-refractivity contribution in [1.82, 2.24) is 0 Å². The van der Waals surface area contributed by atoms with Gasteiger partial charge in [0, 0.05) is 24.4 Å². The van der Waals surface area contributed by atoms with Crippen LogP contribution in [-0.4, -0.2) is 17.8 Å². The molecule has 0 bridgehead atoms. The first-order valence-electron chi connectivity index (χ1n) is 5.47. The van der Waals surface area contributed by atoms with Crippen molar-refractivity contribution < 1.29 is 19.5 Å². The monoisotopic (exact) mass is 261 g/mol. The predicted molar refractivity (Wildman–Crippen MR) is 68.3 cm³/mol. The number of aryl methyl sites for hydroxylation is 1. The van der Waals surface area contributed by atoms with Crippen molar-refractivity contribution in [2.24, 2.45) is 0 Å². The molecule has 6 heteroatoms. The number of carbonyl (C=O) groups is 3. The topological polar surface area (TPSA) is 98.3 Å². The van der Waals surface area contributed by atoms with Crippen LogP contribution in [-0.2, 0) is 14.4 Å². The smallest absolute Gasteiger partial charge is 0.248 e. The molecule has 0 saturated carbocycles. The van der Waals surface area contributed by atoms with Crippen LogP contribution in [0.25, 0.3) is 0 Å². The number of rotatable bonds is 4. The van der Waals surface area contributed by atoms with Gasteiger partial charge in [0.15, 0.2) is 0 Å². The Morgan fingerprint density at radius 2 is 1.84 bits per heavy atom. The summed E-state index contributed by atoms with van der Waals surface area (Å²) >= 11 is 0. The lowest BCUT2D eigenvalue weighted by Crippen LogP contribution is -2.20. The van der Waals surface area contributed by atoms with Crippen LogP contribution >= 0.6 is 0 Å². The fourth-order valence-corrected chi connectivity index (χ4v) is 1.40. The van der Waals surface area contributed by atoms with Crippen molar-refractivity contribution in [1.29, 1.82) is 0 Å². The Morgan fingerprint density at radius 1 is 1.16 bits per heavy atom. The second-order valence-corrected chi connectivity index (χ2v) is 3.85. The highest BCUT2D eigenvalue weighted by Crippen LogP contribution is 2.19. The molecule has 0 atom stereocenters. The van der Waals surface area contributed by atoms with Crippen LogP contribution in [0.15, 0.2) is 30.4 Å². The van der Waals surface area contributed by atoms with E-state index < -0.39 is 11.9 Å². The van der Waals surface area contributed by atoms with Gasteiger partial charge in [-0.15, -0.1) is 0 Å². The number of aliphatic carboxylic acids is 1. The fourth-order valence-electron chi connectivity index (χ4n) is 1.40. The van der Waals surface area contributed by atoms with Crippen molar-refractivity contribution in [3.05, 3.63) is 35.9 Å². The minimum atomic E-state index is -1.44. The van der Waals surface area contributed by atoms with E-state index in [-0.39, 0.29) is 5.91 Å². The van der Waals surface area contributed by atoms with E-state index in [1.807, 2.05) is 0 Å². The molecule has 0 saturated heterocycles. The van der Waals surface area contributed by atoms with Crippen LogP contribution in [0.5, 0.6) is 0 Å². The largest absolute Gasteiger partial charge is 0.545 e. The predicted octanol–water partition coefficient (Wildman–Crippen LogP) is 0.198. The molecule has 0 aliphatic rings. The average Bonchev–Trinajstić information content (AvgIpc) is 2.29. The van der Waals surface area contributed by atoms with Gasteiger partial charge in [0.05, 0.1) is 5.97 Å². The van der Waals surface area contributed by atoms with Gasteiger partial charge in [-0.25, -0.2) is 0 Å². The summed E-state index contributed by atoms with van der Waals surface area (Å²) in [6, 6.07) is 4.91. The van der Waals surface area contributed by atoms with Crippen LogP contribution in [0, 0.1) is 6.92 Å². The number of carboxylic acids is 1. The number of nitrogens with one attached hydrogen (secondary N) is 2. The lowest BCUT2D eigenvalue weighted by Gasteiger charge is -2.09. The van der Waals surface area contributed by atoms with Crippen molar-refractivity contribution in [2.75, 3.05) is 10.6 Å². The summed E-state index contributed by atoms with van der Waals surface area (Å²) in [4.78, 5) is 32.4. The third-order valence-electron chi connectivity index (χ3n) is 2.18. The molecule has 0 fully saturated rings. The van der Waals surface area contributed by atoms with Crippen LogP contribution in [0.3, 0.4) is 0 Å². The van der Waals surface area contributed by atoms with Crippen molar-refractivity contribution in [3.8, 4) is 0 Å². The highest BCUT2D eigenvalue weighted by Gasteiger charge is 2.03. The Balaban J connectivity index is 2.76. The summed E-state index contributed by atoms with van der Waals surface area (Å²) in [5, 5.41) is 15.3. The molecule has 0 unspecified atom stereocenters. The summed E-state index contributed by atoms with van der Waals surface area (Å²) in [6.07, 6.45) is 1.51. The first-order chi connectivity index (χ1) is 8.88. The molecule has 2 amide bonds. The quantitative estimate of drug-likeness (QED) is 0.756. The molecule has 0 aromatic heterocycles. The van der Waals surface area contributed by atoms with E-state index in [1.165, 1.54) is 6.92 Å². The SMILES string of the molecule is CC(=O)Nc1ccc(NC(=O)/C=C\C(=O)[O-])cc1C. The van der Waals surface area contributed by atoms with Gasteiger partial charge in [-0.1, -0.05) is 0 Å². The highest BCUT2D eigenvalue weighted by molar-refractivity contribution is 6.02. The maximum Gasteiger partial charge on any atom is 0.248 e. The normalized spacial score (nSPS) is 10.2. The lowest BCUT2D eigenvalue weighted by molar-refractivity contribution is -0.297. The van der Waals surface area contributed by atoms with E-state index >= 15 is 0 Å². The minimum absolute atomic E-state index is 0.184. The lowest BCUT2D eigenvalue weighted by atomic mass is 10.1. The van der Waals surface area contributed by atoms with Gasteiger partial charge in [0.2, 0.25) is 11.8 Å². The van der Waals surface area contributed by atoms with Gasteiger partial charge in [-0.2, -0.15) is 0 Å². The molecular weight excluding hydrogens is 248 g/mol. The summed E-state index contributed by atoms with van der Waals surface area (Å²) < 4.78 is 0. The van der Waals surface area contributed by atoms with Crippen LogP contribution in [0.2, 0.25) is 0 Å². The third-order valence-corrected chi connectivity index (χ3v) is 2.18. The Morgan fingerprint density at radius 3 is 2.37 bits per heavy atom. The van der Waals surface area contributed by atoms with Gasteiger partial charge >= 0.3 is 0 Å². The number of carbonyl (C=O) groups excluding carboxylic acids is 3. The Kier molecular flexibility index (Phi) is 4.82. The zero-order valence-electron chi connectivity index (χ0n) is 10.5. The number of amides is 2. The molecule has 6 nitrogen and oxygen atoms in total. The zero-order chi connectivity index (χ0) is 14.4. The molecule has 0 spiro atoms. The Labute approximate surface area is 110 Å². The minimum Gasteiger partial charge on any atom is -0.545 e. The van der Waals surface area contributed by atoms with Gasteiger partial charge < -0.3 is 20.5 Å². The van der Waals surface area contributed by atoms with Crippen LogP contribution in [0.4, 0.5) is 11.4 Å². The van der Waals surface area contributed by atoms with Crippen LogP contribution in [0.1, 0.15) is 12.5 Å². The molecule has 1 aromatic carbocycles. The van der Waals surface area contributed by atoms with E-state index in [0.29, 0.717) is 17.5 Å². The van der Waals surface area contributed by atoms with Crippen LogP contribution < -0.4 is 15.7 Å². The molecular formula is C13H13N2O4-. The standard InChI is InChI=1S/C13H14N2O4/c1-8-7-10(3-4-11(8)14-9(2)16)15-12(17)5-6-13(18)19/h3-7H,1-2H3,(H,14,16)(H,15,17)(H,18,19)/p-1/b6-5-. The number of hydrogen-bond acceptors (Lipinski definition) is 4. The second-order valence-electron chi connectivity index (χ2n) is 3.85. The number of anilines is 2. The van der Waals surface area contributed by atoms with E-state index in [9.17, 15) is 19.5 Å². The van der Waals surface area contributed by atoms with Gasteiger partial charge in [-0.3, -0.25) is 9.59 Å². The number of hydrogen-bond donors (Lipinski definition) is 2. The fraction of sp³-hybridized carbons (Fsp3) is 0.154. The maximum absolute atomic E-state index is 11.3. The van der Waals surface area contributed by atoms with Gasteiger partial charge in [0.25, 0.3) is 0 Å². The second kappa shape index (κ2) is 6.34. The van der Waals surface area contributed by atoms with Crippen molar-refractivity contribution >= 4 is 29.2 Å². The van der Waals surface area contributed by atoms with E-state index in [4.69, 9.17) is 0 Å². The Bertz CT molecular complexity index is 550. The first kappa shape index (κ1) is 14.4. The first-order valence-corrected chi connectivity index (χ1v) is 5.47. The molecule has 2 N–H and O–H groups in total. The average molecular weight is 261 g/mol. The molecule has 100 valence electrons. The molecule has 19 heavy (non-hydrogen) atoms. The summed E-state index contributed by atoms with van der Waals surface area (Å²) in [6.45, 7) is 3.18. The van der Waals surface area contributed by atoms with E-state index in [2.05, 4.69) is 10.6 Å². The van der Waals surface area contributed by atoms with Crippen molar-refractivity contribution in [2.45, 2.75) is 13.8 Å². The summed E-state index contributed by atoms with van der Waals surface area (Å²) in [7, 11) is 0. The molecule has 0 heterocycles. The highest BCUT2D eigenvalue weighted by atomic mass is 16.4. The van der Waals surface area contributed by atoms with Crippen molar-refractivity contribution in [3.63, 3.8) is 0 Å². The van der Waals surface area contributed by atoms with E-state index in [1.54, 1.807) is 25.1 Å². The summed E-state index contributed by atoms with van der Waals surface area (Å²) in [5.41, 5.74) is 1.92. The molecule has 0 radical (unpaired) electrons.